The van der Waals surface area contributed by atoms with Crippen LogP contribution in [0.3, 0.4) is 0 Å². The van der Waals surface area contributed by atoms with Crippen molar-refractivity contribution in [2.75, 3.05) is 18.5 Å². The lowest BCUT2D eigenvalue weighted by atomic mass is 10.1. The van der Waals surface area contributed by atoms with Crippen LogP contribution in [0.4, 0.5) is 5.69 Å². The van der Waals surface area contributed by atoms with Crippen molar-refractivity contribution in [1.29, 1.82) is 0 Å². The molecule has 1 aromatic rings. The van der Waals surface area contributed by atoms with Crippen LogP contribution in [0.5, 0.6) is 0 Å². The van der Waals surface area contributed by atoms with E-state index in [9.17, 15) is 9.59 Å². The van der Waals surface area contributed by atoms with Crippen LogP contribution in [-0.2, 0) is 19.1 Å². The molecular formula is C47H81NO4. The van der Waals surface area contributed by atoms with Crippen LogP contribution in [0.2, 0.25) is 0 Å². The summed E-state index contributed by atoms with van der Waals surface area (Å²) in [6.07, 6.45) is 44.6. The van der Waals surface area contributed by atoms with E-state index < -0.39 is 6.10 Å². The molecule has 0 unspecified atom stereocenters. The third-order valence-electron chi connectivity index (χ3n) is 9.82. The standard InChI is InChI=1S/C47H81NO4/c1-3-5-7-9-11-13-15-17-19-20-22-24-26-28-30-32-37-41-47(50)52-45(42-48-44-38-34-33-35-39-44)43-51-46(49)40-36-31-29-27-25-23-21-18-16-14-12-10-8-6-4-2/h18,21-22,24,33-35,38-39,45,48H,3-17,19-20,23,25-32,36-37,40-43H2,1-2H3/t45-/m1/s1. The minimum absolute atomic E-state index is 0.0842. The monoisotopic (exact) mass is 724 g/mol. The summed E-state index contributed by atoms with van der Waals surface area (Å²) in [6.45, 7) is 5.03. The molecule has 0 radical (unpaired) electrons. The van der Waals surface area contributed by atoms with Gasteiger partial charge in [-0.05, 0) is 76.3 Å². The Morgan fingerprint density at radius 2 is 0.904 bits per heavy atom. The lowest BCUT2D eigenvalue weighted by Gasteiger charge is -2.19. The Bertz CT molecular complexity index is 975. The van der Waals surface area contributed by atoms with Crippen LogP contribution in [0, 0.1) is 0 Å². The molecular weight excluding hydrogens is 643 g/mol. The van der Waals surface area contributed by atoms with Gasteiger partial charge in [-0.15, -0.1) is 0 Å². The molecule has 0 fully saturated rings. The normalized spacial score (nSPS) is 12.1. The number of allylic oxidation sites excluding steroid dienone is 4. The van der Waals surface area contributed by atoms with Crippen LogP contribution in [0.1, 0.15) is 206 Å². The average Bonchev–Trinajstić information content (AvgIpc) is 3.16. The van der Waals surface area contributed by atoms with Crippen molar-refractivity contribution in [3.8, 4) is 0 Å². The molecule has 0 spiro atoms. The molecule has 298 valence electrons. The van der Waals surface area contributed by atoms with Crippen molar-refractivity contribution in [3.63, 3.8) is 0 Å². The van der Waals surface area contributed by atoms with Gasteiger partial charge in [-0.25, -0.2) is 0 Å². The summed E-state index contributed by atoms with van der Waals surface area (Å²) in [6, 6.07) is 9.85. The summed E-state index contributed by atoms with van der Waals surface area (Å²) in [5.41, 5.74) is 0.949. The van der Waals surface area contributed by atoms with E-state index in [1.165, 1.54) is 128 Å². The van der Waals surface area contributed by atoms with E-state index in [2.05, 4.69) is 43.5 Å². The fourth-order valence-corrected chi connectivity index (χ4v) is 6.46. The van der Waals surface area contributed by atoms with E-state index in [0.717, 1.165) is 57.1 Å². The number of carbonyl (C=O) groups is 2. The van der Waals surface area contributed by atoms with Crippen LogP contribution in [0.25, 0.3) is 0 Å². The molecule has 0 aliphatic rings. The van der Waals surface area contributed by atoms with Gasteiger partial charge in [-0.1, -0.05) is 172 Å². The Morgan fingerprint density at radius 1 is 0.519 bits per heavy atom. The number of esters is 2. The summed E-state index contributed by atoms with van der Waals surface area (Å²) in [5.74, 6) is -0.422. The molecule has 0 heterocycles. The van der Waals surface area contributed by atoms with Crippen LogP contribution < -0.4 is 5.32 Å². The first kappa shape index (κ1) is 47.5. The Balaban J connectivity index is 2.14. The van der Waals surface area contributed by atoms with E-state index >= 15 is 0 Å². The molecule has 0 saturated heterocycles. The van der Waals surface area contributed by atoms with Gasteiger partial charge >= 0.3 is 11.9 Å². The van der Waals surface area contributed by atoms with Gasteiger partial charge in [0.05, 0.1) is 6.54 Å². The molecule has 1 N–H and O–H groups in total. The second-order valence-corrected chi connectivity index (χ2v) is 14.9. The van der Waals surface area contributed by atoms with E-state index in [1.54, 1.807) is 0 Å². The Morgan fingerprint density at radius 3 is 1.35 bits per heavy atom. The highest BCUT2D eigenvalue weighted by atomic mass is 16.6. The number of hydrogen-bond acceptors (Lipinski definition) is 5. The maximum atomic E-state index is 12.7. The van der Waals surface area contributed by atoms with Gasteiger partial charge in [0.1, 0.15) is 6.61 Å². The lowest BCUT2D eigenvalue weighted by Crippen LogP contribution is -2.31. The first-order valence-corrected chi connectivity index (χ1v) is 22.1. The zero-order valence-electron chi connectivity index (χ0n) is 34.0. The van der Waals surface area contributed by atoms with E-state index in [1.807, 2.05) is 30.3 Å². The summed E-state index contributed by atoms with van der Waals surface area (Å²) in [7, 11) is 0. The van der Waals surface area contributed by atoms with Gasteiger partial charge < -0.3 is 14.8 Å². The second-order valence-electron chi connectivity index (χ2n) is 14.9. The molecule has 1 rings (SSSR count). The summed E-state index contributed by atoms with van der Waals surface area (Å²) < 4.78 is 11.4. The van der Waals surface area contributed by atoms with Gasteiger partial charge in [0.25, 0.3) is 0 Å². The maximum Gasteiger partial charge on any atom is 0.306 e. The molecule has 0 aromatic heterocycles. The minimum Gasteiger partial charge on any atom is -0.462 e. The summed E-state index contributed by atoms with van der Waals surface area (Å²) in [4.78, 5) is 25.2. The quantitative estimate of drug-likeness (QED) is 0.0418. The van der Waals surface area contributed by atoms with Crippen LogP contribution in [0.15, 0.2) is 54.6 Å². The van der Waals surface area contributed by atoms with Crippen LogP contribution in [-0.4, -0.2) is 31.2 Å². The Hall–Kier alpha value is -2.56. The van der Waals surface area contributed by atoms with Crippen molar-refractivity contribution >= 4 is 17.6 Å². The molecule has 1 aromatic carbocycles. The van der Waals surface area contributed by atoms with E-state index in [-0.39, 0.29) is 18.5 Å². The molecule has 1 atom stereocenters. The SMILES string of the molecule is CCCCCCCCC=CCCCCCCCC(=O)OC[C@@H](CNc1ccccc1)OC(=O)CCCCCCC=CCCCCCCCCCCC. The third kappa shape index (κ3) is 33.3. The number of para-hydroxylation sites is 1. The summed E-state index contributed by atoms with van der Waals surface area (Å²) >= 11 is 0. The lowest BCUT2D eigenvalue weighted by molar-refractivity contribution is -0.158. The van der Waals surface area contributed by atoms with E-state index in [4.69, 9.17) is 9.47 Å². The number of unbranched alkanes of at least 4 members (excludes halogenated alkanes) is 24. The van der Waals surface area contributed by atoms with Gasteiger partial charge in [0.2, 0.25) is 0 Å². The maximum absolute atomic E-state index is 12.7. The van der Waals surface area contributed by atoms with Crippen molar-refractivity contribution in [2.24, 2.45) is 0 Å². The third-order valence-corrected chi connectivity index (χ3v) is 9.82. The molecule has 0 saturated carbocycles. The molecule has 0 aliphatic heterocycles. The molecule has 0 aliphatic carbocycles. The average molecular weight is 724 g/mol. The number of hydrogen-bond donors (Lipinski definition) is 1. The smallest absolute Gasteiger partial charge is 0.306 e. The fourth-order valence-electron chi connectivity index (χ4n) is 6.46. The van der Waals surface area contributed by atoms with Crippen molar-refractivity contribution < 1.29 is 19.1 Å². The molecule has 0 amide bonds. The van der Waals surface area contributed by atoms with Gasteiger partial charge in [0.15, 0.2) is 6.10 Å². The Kier molecular flexibility index (Phi) is 34.8. The zero-order chi connectivity index (χ0) is 37.4. The number of rotatable bonds is 38. The van der Waals surface area contributed by atoms with Crippen molar-refractivity contribution in [3.05, 3.63) is 54.6 Å². The molecule has 52 heavy (non-hydrogen) atoms. The predicted molar refractivity (Wildman–Crippen MR) is 224 cm³/mol. The second kappa shape index (κ2) is 38.2. The van der Waals surface area contributed by atoms with Gasteiger partial charge in [-0.2, -0.15) is 0 Å². The first-order chi connectivity index (χ1) is 25.7. The number of carbonyl (C=O) groups excluding carboxylic acids is 2. The van der Waals surface area contributed by atoms with Gasteiger partial charge in [-0.3, -0.25) is 9.59 Å². The summed E-state index contributed by atoms with van der Waals surface area (Å²) in [5, 5.41) is 3.32. The zero-order valence-corrected chi connectivity index (χ0v) is 34.0. The number of ether oxygens (including phenoxy) is 2. The largest absolute Gasteiger partial charge is 0.462 e. The minimum atomic E-state index is -0.512. The predicted octanol–water partition coefficient (Wildman–Crippen LogP) is 14.4. The number of benzene rings is 1. The van der Waals surface area contributed by atoms with E-state index in [0.29, 0.717) is 19.4 Å². The highest BCUT2D eigenvalue weighted by Gasteiger charge is 2.17. The number of anilines is 1. The molecule has 5 heteroatoms. The molecule has 0 bridgehead atoms. The van der Waals surface area contributed by atoms with Crippen molar-refractivity contribution in [1.82, 2.24) is 0 Å². The number of nitrogens with one attached hydrogen (secondary N) is 1. The first-order valence-electron chi connectivity index (χ1n) is 22.1. The van der Waals surface area contributed by atoms with Gasteiger partial charge in [0, 0.05) is 18.5 Å². The van der Waals surface area contributed by atoms with Crippen molar-refractivity contribution in [2.45, 2.75) is 213 Å². The highest BCUT2D eigenvalue weighted by Crippen LogP contribution is 2.14. The van der Waals surface area contributed by atoms with Crippen LogP contribution >= 0.6 is 0 Å². The Labute approximate surface area is 321 Å². The fraction of sp³-hybridized carbons (Fsp3) is 0.745. The molecule has 5 nitrogen and oxygen atoms in total. The topological polar surface area (TPSA) is 64.6 Å². The highest BCUT2D eigenvalue weighted by molar-refractivity contribution is 5.70.